The molecule has 0 radical (unpaired) electrons. The van der Waals surface area contributed by atoms with Gasteiger partial charge in [-0.1, -0.05) is 31.4 Å². The Labute approximate surface area is 241 Å². The van der Waals surface area contributed by atoms with Crippen LogP contribution < -0.4 is 20.7 Å². The molecule has 1 aromatic heterocycles. The van der Waals surface area contributed by atoms with E-state index in [4.69, 9.17) is 10.5 Å². The van der Waals surface area contributed by atoms with Crippen molar-refractivity contribution < 1.29 is 23.1 Å². The molecule has 1 fully saturated rings. The average Bonchev–Trinajstić information content (AvgIpc) is 3.38. The first-order valence-electron chi connectivity index (χ1n) is 13.4. The maximum Gasteiger partial charge on any atom is 0.273 e. The molecule has 41 heavy (non-hydrogen) atoms. The third kappa shape index (κ3) is 6.22. The molecule has 5 rings (SSSR count). The van der Waals surface area contributed by atoms with Crippen LogP contribution in [0.25, 0.3) is 11.3 Å². The lowest BCUT2D eigenvalue weighted by atomic mass is 9.94. The summed E-state index contributed by atoms with van der Waals surface area (Å²) in [4.78, 5) is 29.8. The van der Waals surface area contributed by atoms with E-state index in [1.807, 2.05) is 0 Å². The van der Waals surface area contributed by atoms with Crippen LogP contribution >= 0.6 is 11.5 Å². The smallest absolute Gasteiger partial charge is 0.273 e. The first-order chi connectivity index (χ1) is 19.9. The number of hydrogen-bond acceptors (Lipinski definition) is 6. The van der Waals surface area contributed by atoms with E-state index in [2.05, 4.69) is 9.69 Å². The molecule has 212 valence electrons. The zero-order valence-electron chi connectivity index (χ0n) is 22.5. The Bertz CT molecular complexity index is 1500. The lowest BCUT2D eigenvalue weighted by Gasteiger charge is -2.33. The molecule has 1 aliphatic carbocycles. The number of aromatic nitrogens is 1. The topological polar surface area (TPSA) is 97.5 Å². The van der Waals surface area contributed by atoms with Crippen LogP contribution in [0.2, 0.25) is 0 Å². The van der Waals surface area contributed by atoms with Crippen molar-refractivity contribution in [3.05, 3.63) is 94.9 Å². The highest BCUT2D eigenvalue weighted by atomic mass is 32.1. The summed E-state index contributed by atoms with van der Waals surface area (Å²) in [6.45, 7) is 0. The largest absolute Gasteiger partial charge is 0.497 e. The monoisotopic (exact) mass is 576 g/mol. The van der Waals surface area contributed by atoms with Gasteiger partial charge in [0.05, 0.1) is 12.8 Å². The number of ether oxygens (including phenoxy) is 1. The summed E-state index contributed by atoms with van der Waals surface area (Å²) in [5, 5.41) is 3.15. The van der Waals surface area contributed by atoms with Gasteiger partial charge in [0.25, 0.3) is 5.91 Å². The number of amides is 2. The number of methoxy groups -OCH3 is 1. The summed E-state index contributed by atoms with van der Waals surface area (Å²) in [6, 6.07) is 16.8. The highest BCUT2D eigenvalue weighted by Crippen LogP contribution is 2.37. The predicted molar refractivity (Wildman–Crippen MR) is 156 cm³/mol. The zero-order chi connectivity index (χ0) is 28.9. The van der Waals surface area contributed by atoms with Gasteiger partial charge >= 0.3 is 0 Å². The third-order valence-corrected chi connectivity index (χ3v) is 8.10. The number of nitrogen functional groups attached to an aromatic ring is 1. The first kappa shape index (κ1) is 28.2. The van der Waals surface area contributed by atoms with Gasteiger partial charge in [-0.2, -0.15) is 4.37 Å². The number of rotatable bonds is 8. The summed E-state index contributed by atoms with van der Waals surface area (Å²) >= 11 is 0.890. The highest BCUT2D eigenvalue weighted by molar-refractivity contribution is 7.09. The average molecular weight is 577 g/mol. The first-order valence-corrected chi connectivity index (χ1v) is 14.2. The van der Waals surface area contributed by atoms with E-state index in [1.165, 1.54) is 53.4 Å². The van der Waals surface area contributed by atoms with Crippen molar-refractivity contribution in [2.45, 2.75) is 44.2 Å². The van der Waals surface area contributed by atoms with Crippen LogP contribution in [-0.2, 0) is 4.79 Å². The van der Waals surface area contributed by atoms with Crippen molar-refractivity contribution in [2.75, 3.05) is 17.7 Å². The minimum atomic E-state index is -1.10. The molecular formula is C31H30F2N4O3S. The minimum absolute atomic E-state index is 0.0132. The van der Waals surface area contributed by atoms with Gasteiger partial charge in [-0.25, -0.2) is 8.78 Å². The van der Waals surface area contributed by atoms with Crippen molar-refractivity contribution in [2.24, 2.45) is 0 Å². The summed E-state index contributed by atoms with van der Waals surface area (Å²) in [6.07, 6.45) is 4.86. The fraction of sp³-hybridized carbons (Fsp3) is 0.258. The maximum atomic E-state index is 14.3. The van der Waals surface area contributed by atoms with E-state index in [0.29, 0.717) is 28.3 Å². The van der Waals surface area contributed by atoms with Crippen LogP contribution in [0.4, 0.5) is 20.2 Å². The van der Waals surface area contributed by atoms with Crippen LogP contribution in [0.3, 0.4) is 0 Å². The van der Waals surface area contributed by atoms with Crippen LogP contribution in [0.1, 0.15) is 53.4 Å². The number of benzene rings is 3. The molecule has 1 aliphatic rings. The van der Waals surface area contributed by atoms with E-state index in [-0.39, 0.29) is 22.5 Å². The lowest BCUT2D eigenvalue weighted by Crippen LogP contribution is -2.47. The Balaban J connectivity index is 1.60. The van der Waals surface area contributed by atoms with Gasteiger partial charge in [0.2, 0.25) is 5.91 Å². The number of carbonyl (C=O) groups is 2. The van der Waals surface area contributed by atoms with E-state index in [1.54, 1.807) is 31.4 Å². The number of carbonyl (C=O) groups excluding carboxylic acids is 2. The van der Waals surface area contributed by atoms with Gasteiger partial charge in [-0.3, -0.25) is 14.5 Å². The van der Waals surface area contributed by atoms with Crippen molar-refractivity contribution in [1.29, 1.82) is 0 Å². The molecule has 0 saturated heterocycles. The van der Waals surface area contributed by atoms with Crippen LogP contribution in [0.15, 0.2) is 72.8 Å². The molecule has 1 heterocycles. The molecule has 2 amide bonds. The van der Waals surface area contributed by atoms with Crippen LogP contribution in [0, 0.1) is 11.6 Å². The molecule has 0 aliphatic heterocycles. The predicted octanol–water partition coefficient (Wildman–Crippen LogP) is 6.52. The van der Waals surface area contributed by atoms with Gasteiger partial charge in [0.15, 0.2) is 0 Å². The van der Waals surface area contributed by atoms with Crippen LogP contribution in [-0.4, -0.2) is 29.3 Å². The Morgan fingerprint density at radius 1 is 0.951 bits per heavy atom. The second kappa shape index (κ2) is 12.5. The van der Waals surface area contributed by atoms with E-state index < -0.39 is 23.6 Å². The van der Waals surface area contributed by atoms with Crippen molar-refractivity contribution >= 4 is 34.7 Å². The summed E-state index contributed by atoms with van der Waals surface area (Å²) in [7, 11) is 1.54. The Morgan fingerprint density at radius 3 is 2.17 bits per heavy atom. The second-order valence-corrected chi connectivity index (χ2v) is 10.7. The quantitative estimate of drug-likeness (QED) is 0.249. The number of nitrogens with two attached hydrogens (primary N) is 1. The van der Waals surface area contributed by atoms with Gasteiger partial charge in [-0.15, -0.1) is 0 Å². The number of nitrogens with one attached hydrogen (secondary N) is 1. The SMILES string of the molecule is COc1ccc([C@H](C(=O)NC2CCCCC2)N(C(=O)c2snc(-c3ccc(F)cc3)c2N)c2ccc(F)cc2)cc1. The molecule has 3 aromatic carbocycles. The molecular weight excluding hydrogens is 546 g/mol. The van der Waals surface area contributed by atoms with Gasteiger partial charge in [0, 0.05) is 17.3 Å². The minimum Gasteiger partial charge on any atom is -0.497 e. The van der Waals surface area contributed by atoms with E-state index >= 15 is 0 Å². The Morgan fingerprint density at radius 2 is 1.56 bits per heavy atom. The number of anilines is 2. The molecule has 0 unspecified atom stereocenters. The summed E-state index contributed by atoms with van der Waals surface area (Å²) in [5.74, 6) is -1.23. The molecule has 0 spiro atoms. The van der Waals surface area contributed by atoms with Crippen LogP contribution in [0.5, 0.6) is 5.75 Å². The maximum absolute atomic E-state index is 14.3. The van der Waals surface area contributed by atoms with Gasteiger partial charge in [-0.05, 0) is 90.6 Å². The number of halogens is 2. The number of nitrogens with zero attached hydrogens (tertiary/aromatic N) is 2. The standard InChI is InChI=1S/C31H30F2N4O3S/c1-40-25-17-9-20(10-18-25)28(30(38)35-23-5-3-2-4-6-23)37(24-15-13-22(33)14-16-24)31(39)29-26(34)27(36-41-29)19-7-11-21(32)12-8-19/h7-18,23,28H,2-6,34H2,1H3,(H,35,38)/t28-/m1/s1. The normalized spacial score (nSPS) is 14.3. The second-order valence-electron chi connectivity index (χ2n) is 9.95. The molecule has 0 bridgehead atoms. The fourth-order valence-electron chi connectivity index (χ4n) is 5.09. The van der Waals surface area contributed by atoms with E-state index in [0.717, 1.165) is 43.6 Å². The Kier molecular flexibility index (Phi) is 8.58. The van der Waals surface area contributed by atoms with Crippen molar-refractivity contribution in [3.8, 4) is 17.0 Å². The van der Waals surface area contributed by atoms with E-state index in [9.17, 15) is 18.4 Å². The summed E-state index contributed by atoms with van der Waals surface area (Å²) < 4.78 is 37.2. The molecule has 10 heteroatoms. The van der Waals surface area contributed by atoms with Crippen molar-refractivity contribution in [1.82, 2.24) is 9.69 Å². The van der Waals surface area contributed by atoms with Crippen molar-refractivity contribution in [3.63, 3.8) is 0 Å². The molecule has 3 N–H and O–H groups in total. The third-order valence-electron chi connectivity index (χ3n) is 7.25. The lowest BCUT2D eigenvalue weighted by molar-refractivity contribution is -0.123. The number of hydrogen-bond donors (Lipinski definition) is 2. The zero-order valence-corrected chi connectivity index (χ0v) is 23.3. The highest BCUT2D eigenvalue weighted by Gasteiger charge is 2.36. The summed E-state index contributed by atoms with van der Waals surface area (Å²) in [5.41, 5.74) is 8.30. The fourth-order valence-corrected chi connectivity index (χ4v) is 5.85. The molecule has 1 atom stereocenters. The Hall–Kier alpha value is -4.31. The van der Waals surface area contributed by atoms with Gasteiger partial charge in [0.1, 0.15) is 34.0 Å². The molecule has 4 aromatic rings. The van der Waals surface area contributed by atoms with Gasteiger partial charge < -0.3 is 15.8 Å². The molecule has 7 nitrogen and oxygen atoms in total. The molecule has 1 saturated carbocycles.